The van der Waals surface area contributed by atoms with Crippen molar-refractivity contribution in [2.75, 3.05) is 13.2 Å². The van der Waals surface area contributed by atoms with Gasteiger partial charge in [0.2, 0.25) is 5.91 Å². The first-order valence-corrected chi connectivity index (χ1v) is 7.66. The van der Waals surface area contributed by atoms with Crippen LogP contribution < -0.4 is 0 Å². The van der Waals surface area contributed by atoms with Gasteiger partial charge in [-0.15, -0.1) is 11.3 Å². The number of aryl methyl sites for hydroxylation is 1. The number of thiazole rings is 1. The number of rotatable bonds is 5. The Morgan fingerprint density at radius 1 is 1.55 bits per heavy atom. The van der Waals surface area contributed by atoms with E-state index in [4.69, 9.17) is 5.11 Å². The van der Waals surface area contributed by atoms with Gasteiger partial charge in [0.15, 0.2) is 0 Å². The Hall–Kier alpha value is -1.46. The SMILES string of the molecule is Cc1nc(C2=CCC(C(=O)N(CCO)C(C)C)=C2)cs1. The number of allylic oxidation sites excluding steroid dienone is 3. The van der Waals surface area contributed by atoms with E-state index in [-0.39, 0.29) is 18.6 Å². The van der Waals surface area contributed by atoms with Crippen LogP contribution in [0.1, 0.15) is 31.0 Å². The second-order valence-electron chi connectivity index (χ2n) is 5.10. The van der Waals surface area contributed by atoms with Crippen LogP contribution in [0.3, 0.4) is 0 Å². The van der Waals surface area contributed by atoms with E-state index in [0.29, 0.717) is 13.0 Å². The van der Waals surface area contributed by atoms with Gasteiger partial charge in [-0.3, -0.25) is 4.79 Å². The van der Waals surface area contributed by atoms with Crippen LogP contribution in [0.15, 0.2) is 23.1 Å². The van der Waals surface area contributed by atoms with Crippen LogP contribution >= 0.6 is 11.3 Å². The van der Waals surface area contributed by atoms with Crippen molar-refractivity contribution in [2.24, 2.45) is 0 Å². The molecule has 1 aliphatic rings. The largest absolute Gasteiger partial charge is 0.395 e. The molecule has 0 unspecified atom stereocenters. The maximum absolute atomic E-state index is 12.5. The number of amides is 1. The highest BCUT2D eigenvalue weighted by molar-refractivity contribution is 7.09. The van der Waals surface area contributed by atoms with E-state index in [1.54, 1.807) is 16.2 Å². The van der Waals surface area contributed by atoms with Gasteiger partial charge < -0.3 is 10.0 Å². The summed E-state index contributed by atoms with van der Waals surface area (Å²) in [6, 6.07) is 0.0844. The van der Waals surface area contributed by atoms with Gasteiger partial charge in [-0.1, -0.05) is 6.08 Å². The zero-order chi connectivity index (χ0) is 14.7. The third kappa shape index (κ3) is 3.16. The molecule has 1 aromatic heterocycles. The van der Waals surface area contributed by atoms with Crippen molar-refractivity contribution in [1.82, 2.24) is 9.88 Å². The van der Waals surface area contributed by atoms with Crippen LogP contribution in [0.4, 0.5) is 0 Å². The first-order valence-electron chi connectivity index (χ1n) is 6.78. The minimum Gasteiger partial charge on any atom is -0.395 e. The monoisotopic (exact) mass is 292 g/mol. The van der Waals surface area contributed by atoms with Crippen LogP contribution in [0.25, 0.3) is 5.57 Å². The van der Waals surface area contributed by atoms with Crippen LogP contribution in [0.2, 0.25) is 0 Å². The molecule has 1 aromatic rings. The van der Waals surface area contributed by atoms with Gasteiger partial charge in [-0.25, -0.2) is 4.98 Å². The van der Waals surface area contributed by atoms with E-state index in [1.165, 1.54) is 0 Å². The number of aromatic nitrogens is 1. The number of carbonyl (C=O) groups excluding carboxylic acids is 1. The molecule has 0 radical (unpaired) electrons. The van der Waals surface area contributed by atoms with Gasteiger partial charge in [0, 0.05) is 23.5 Å². The average molecular weight is 292 g/mol. The summed E-state index contributed by atoms with van der Waals surface area (Å²) < 4.78 is 0. The van der Waals surface area contributed by atoms with Gasteiger partial charge in [-0.2, -0.15) is 0 Å². The molecule has 1 N–H and O–H groups in total. The van der Waals surface area contributed by atoms with Crippen molar-refractivity contribution < 1.29 is 9.90 Å². The van der Waals surface area contributed by atoms with Crippen molar-refractivity contribution in [1.29, 1.82) is 0 Å². The van der Waals surface area contributed by atoms with Crippen molar-refractivity contribution in [2.45, 2.75) is 33.2 Å². The van der Waals surface area contributed by atoms with Gasteiger partial charge in [0.1, 0.15) is 0 Å². The molecule has 1 heterocycles. The second-order valence-corrected chi connectivity index (χ2v) is 6.16. The van der Waals surface area contributed by atoms with Gasteiger partial charge in [-0.05, 0) is 38.8 Å². The van der Waals surface area contributed by atoms with Crippen LogP contribution in [-0.4, -0.2) is 40.1 Å². The Morgan fingerprint density at radius 2 is 2.30 bits per heavy atom. The number of nitrogens with zero attached hydrogens (tertiary/aromatic N) is 2. The molecular weight excluding hydrogens is 272 g/mol. The van der Waals surface area contributed by atoms with E-state index in [2.05, 4.69) is 4.98 Å². The fourth-order valence-electron chi connectivity index (χ4n) is 2.24. The van der Waals surface area contributed by atoms with E-state index in [9.17, 15) is 4.79 Å². The highest BCUT2D eigenvalue weighted by Crippen LogP contribution is 2.28. The Morgan fingerprint density at radius 3 is 2.85 bits per heavy atom. The number of aliphatic hydroxyl groups excluding tert-OH is 1. The molecule has 108 valence electrons. The van der Waals surface area contributed by atoms with Gasteiger partial charge in [0.25, 0.3) is 0 Å². The Labute approximate surface area is 123 Å². The third-order valence-corrected chi connectivity index (χ3v) is 4.06. The maximum Gasteiger partial charge on any atom is 0.250 e. The summed E-state index contributed by atoms with van der Waals surface area (Å²) in [7, 11) is 0. The van der Waals surface area contributed by atoms with E-state index in [0.717, 1.165) is 21.8 Å². The Bertz CT molecular complexity index is 558. The Kier molecular flexibility index (Phi) is 4.73. The summed E-state index contributed by atoms with van der Waals surface area (Å²) >= 11 is 1.61. The fourth-order valence-corrected chi connectivity index (χ4v) is 2.86. The topological polar surface area (TPSA) is 53.4 Å². The molecule has 0 bridgehead atoms. The zero-order valence-corrected chi connectivity index (χ0v) is 12.9. The molecular formula is C15H20N2O2S. The summed E-state index contributed by atoms with van der Waals surface area (Å²) in [6.45, 7) is 6.26. The normalized spacial score (nSPS) is 14.4. The maximum atomic E-state index is 12.5. The van der Waals surface area contributed by atoms with Gasteiger partial charge >= 0.3 is 0 Å². The van der Waals surface area contributed by atoms with Crippen molar-refractivity contribution >= 4 is 22.8 Å². The average Bonchev–Trinajstić information content (AvgIpc) is 3.03. The smallest absolute Gasteiger partial charge is 0.250 e. The predicted molar refractivity (Wildman–Crippen MR) is 81.5 cm³/mol. The number of hydrogen-bond donors (Lipinski definition) is 1. The van der Waals surface area contributed by atoms with Crippen molar-refractivity contribution in [3.8, 4) is 0 Å². The molecule has 0 spiro atoms. The zero-order valence-electron chi connectivity index (χ0n) is 12.1. The molecule has 1 amide bonds. The Balaban J connectivity index is 2.13. The lowest BCUT2D eigenvalue weighted by molar-refractivity contribution is -0.129. The number of carbonyl (C=O) groups is 1. The summed E-state index contributed by atoms with van der Waals surface area (Å²) in [5.41, 5.74) is 2.73. The van der Waals surface area contributed by atoms with Crippen molar-refractivity contribution in [3.05, 3.63) is 33.8 Å². The van der Waals surface area contributed by atoms with Crippen LogP contribution in [-0.2, 0) is 4.79 Å². The van der Waals surface area contributed by atoms with Crippen LogP contribution in [0, 0.1) is 6.92 Å². The van der Waals surface area contributed by atoms with Crippen LogP contribution in [0.5, 0.6) is 0 Å². The van der Waals surface area contributed by atoms with E-state index >= 15 is 0 Å². The molecule has 0 saturated heterocycles. The summed E-state index contributed by atoms with van der Waals surface area (Å²) in [5.74, 6) is 0.00671. The molecule has 5 heteroatoms. The van der Waals surface area contributed by atoms with E-state index in [1.807, 2.05) is 38.3 Å². The second kappa shape index (κ2) is 6.33. The lowest BCUT2D eigenvalue weighted by atomic mass is 10.1. The molecule has 2 rings (SSSR count). The summed E-state index contributed by atoms with van der Waals surface area (Å²) in [4.78, 5) is 18.6. The molecule has 20 heavy (non-hydrogen) atoms. The minimum atomic E-state index is -0.0111. The number of hydrogen-bond acceptors (Lipinski definition) is 4. The fraction of sp³-hybridized carbons (Fsp3) is 0.467. The van der Waals surface area contributed by atoms with Crippen molar-refractivity contribution in [3.63, 3.8) is 0 Å². The molecule has 4 nitrogen and oxygen atoms in total. The number of aliphatic hydroxyl groups is 1. The van der Waals surface area contributed by atoms with E-state index < -0.39 is 0 Å². The molecule has 0 saturated carbocycles. The highest BCUT2D eigenvalue weighted by atomic mass is 32.1. The molecule has 0 atom stereocenters. The summed E-state index contributed by atoms with van der Waals surface area (Å²) in [5, 5.41) is 12.1. The van der Waals surface area contributed by atoms with Gasteiger partial charge in [0.05, 0.1) is 17.3 Å². The minimum absolute atomic E-state index is 0.00671. The lowest BCUT2D eigenvalue weighted by Gasteiger charge is -2.26. The first kappa shape index (κ1) is 14.9. The summed E-state index contributed by atoms with van der Waals surface area (Å²) in [6.07, 6.45) is 4.60. The predicted octanol–water partition coefficient (Wildman–Crippen LogP) is 2.39. The highest BCUT2D eigenvalue weighted by Gasteiger charge is 2.23. The molecule has 0 fully saturated rings. The molecule has 1 aliphatic carbocycles. The first-order chi connectivity index (χ1) is 9.52. The molecule has 0 aliphatic heterocycles. The standard InChI is InChI=1S/C15H20N2O2S/c1-10(2)17(6-7-18)15(19)13-5-4-12(8-13)14-9-20-11(3)16-14/h4,8-10,18H,5-7H2,1-3H3. The third-order valence-electron chi connectivity index (χ3n) is 3.29. The molecule has 0 aromatic carbocycles. The lowest BCUT2D eigenvalue weighted by Crippen LogP contribution is -2.39. The quantitative estimate of drug-likeness (QED) is 0.906.